The van der Waals surface area contributed by atoms with Crippen LogP contribution in [-0.4, -0.2) is 7.11 Å². The van der Waals surface area contributed by atoms with Crippen LogP contribution in [0.4, 0.5) is 10.1 Å². The van der Waals surface area contributed by atoms with Gasteiger partial charge in [0, 0.05) is 17.1 Å². The molecule has 0 bridgehead atoms. The zero-order chi connectivity index (χ0) is 20.1. The third kappa shape index (κ3) is 5.22. The molecular formula is C21H17Cl3FNO2. The molecule has 0 aromatic heterocycles. The quantitative estimate of drug-likeness (QED) is 0.429. The van der Waals surface area contributed by atoms with Gasteiger partial charge >= 0.3 is 0 Å². The van der Waals surface area contributed by atoms with Crippen LogP contribution in [0.3, 0.4) is 0 Å². The molecule has 0 aliphatic carbocycles. The van der Waals surface area contributed by atoms with Gasteiger partial charge < -0.3 is 14.8 Å². The van der Waals surface area contributed by atoms with Gasteiger partial charge in [-0.05, 0) is 48.0 Å². The van der Waals surface area contributed by atoms with Crippen molar-refractivity contribution in [3.8, 4) is 11.5 Å². The fourth-order valence-electron chi connectivity index (χ4n) is 2.57. The standard InChI is InChI=1S/C21H17Cl3FNO2/c1-27-21-8-13(11-26-19-9-15(22)4-6-17(19)23)2-7-20(21)28-12-14-3-5-16(25)10-18(14)24/h2-10,26H,11-12H2,1H3. The molecule has 3 aromatic carbocycles. The molecule has 7 heteroatoms. The minimum atomic E-state index is -0.386. The zero-order valence-corrected chi connectivity index (χ0v) is 17.2. The van der Waals surface area contributed by atoms with Crippen LogP contribution in [0.1, 0.15) is 11.1 Å². The summed E-state index contributed by atoms with van der Waals surface area (Å²) in [6.45, 7) is 0.728. The molecule has 0 saturated heterocycles. The second-order valence-corrected chi connectivity index (χ2v) is 7.24. The molecule has 0 spiro atoms. The maximum Gasteiger partial charge on any atom is 0.161 e. The monoisotopic (exact) mass is 439 g/mol. The predicted octanol–water partition coefficient (Wildman–Crippen LogP) is 6.99. The van der Waals surface area contributed by atoms with E-state index in [1.54, 1.807) is 31.4 Å². The van der Waals surface area contributed by atoms with Crippen molar-refractivity contribution in [3.05, 3.63) is 86.6 Å². The van der Waals surface area contributed by atoms with E-state index in [1.165, 1.54) is 12.1 Å². The van der Waals surface area contributed by atoms with Crippen molar-refractivity contribution in [2.75, 3.05) is 12.4 Å². The van der Waals surface area contributed by atoms with Gasteiger partial charge in [0.05, 0.1) is 22.8 Å². The molecule has 0 aliphatic rings. The largest absolute Gasteiger partial charge is 0.493 e. The molecule has 1 N–H and O–H groups in total. The number of ether oxygens (including phenoxy) is 2. The van der Waals surface area contributed by atoms with Gasteiger partial charge in [-0.2, -0.15) is 0 Å². The van der Waals surface area contributed by atoms with E-state index in [0.717, 1.165) is 11.3 Å². The lowest BCUT2D eigenvalue weighted by molar-refractivity contribution is 0.284. The van der Waals surface area contributed by atoms with Crippen LogP contribution in [0.2, 0.25) is 15.1 Å². The van der Waals surface area contributed by atoms with E-state index in [0.29, 0.717) is 38.7 Å². The van der Waals surface area contributed by atoms with E-state index in [9.17, 15) is 4.39 Å². The average Bonchev–Trinajstić information content (AvgIpc) is 2.68. The van der Waals surface area contributed by atoms with E-state index >= 15 is 0 Å². The van der Waals surface area contributed by atoms with E-state index in [-0.39, 0.29) is 12.4 Å². The van der Waals surface area contributed by atoms with Gasteiger partial charge in [-0.15, -0.1) is 0 Å². The first kappa shape index (κ1) is 20.6. The van der Waals surface area contributed by atoms with Gasteiger partial charge in [0.25, 0.3) is 0 Å². The van der Waals surface area contributed by atoms with Crippen LogP contribution >= 0.6 is 34.8 Å². The molecule has 146 valence electrons. The number of methoxy groups -OCH3 is 1. The zero-order valence-electron chi connectivity index (χ0n) is 14.9. The summed E-state index contributed by atoms with van der Waals surface area (Å²) in [7, 11) is 1.57. The lowest BCUT2D eigenvalue weighted by Gasteiger charge is -2.14. The SMILES string of the molecule is COc1cc(CNc2cc(Cl)ccc2Cl)ccc1OCc1ccc(F)cc1Cl. The first-order valence-electron chi connectivity index (χ1n) is 8.39. The van der Waals surface area contributed by atoms with Crippen LogP contribution in [-0.2, 0) is 13.2 Å². The Balaban J connectivity index is 1.68. The molecule has 3 aromatic rings. The number of hydrogen-bond acceptors (Lipinski definition) is 3. The fourth-order valence-corrected chi connectivity index (χ4v) is 3.14. The van der Waals surface area contributed by atoms with E-state index in [4.69, 9.17) is 44.3 Å². The Hall–Kier alpha value is -2.14. The van der Waals surface area contributed by atoms with Crippen molar-refractivity contribution in [1.82, 2.24) is 0 Å². The molecule has 3 nitrogen and oxygen atoms in total. The lowest BCUT2D eigenvalue weighted by atomic mass is 10.2. The first-order valence-corrected chi connectivity index (χ1v) is 9.52. The topological polar surface area (TPSA) is 30.5 Å². The molecule has 0 saturated carbocycles. The second kappa shape index (κ2) is 9.37. The van der Waals surface area contributed by atoms with Crippen LogP contribution in [0, 0.1) is 5.82 Å². The van der Waals surface area contributed by atoms with Gasteiger partial charge in [-0.1, -0.05) is 46.9 Å². The van der Waals surface area contributed by atoms with Gasteiger partial charge in [0.1, 0.15) is 12.4 Å². The normalized spacial score (nSPS) is 10.6. The van der Waals surface area contributed by atoms with Crippen LogP contribution in [0.5, 0.6) is 11.5 Å². The molecule has 3 rings (SSSR count). The average molecular weight is 441 g/mol. The van der Waals surface area contributed by atoms with Crippen LogP contribution in [0.15, 0.2) is 54.6 Å². The summed E-state index contributed by atoms with van der Waals surface area (Å²) in [6.07, 6.45) is 0. The summed E-state index contributed by atoms with van der Waals surface area (Å²) in [5, 5.41) is 4.76. The third-order valence-corrected chi connectivity index (χ3v) is 4.95. The maximum atomic E-state index is 13.1. The molecule has 0 atom stereocenters. The van der Waals surface area contributed by atoms with Gasteiger partial charge in [0.2, 0.25) is 0 Å². The van der Waals surface area contributed by atoms with Gasteiger partial charge in [-0.3, -0.25) is 0 Å². The van der Waals surface area contributed by atoms with E-state index < -0.39 is 0 Å². The molecular weight excluding hydrogens is 424 g/mol. The molecule has 0 unspecified atom stereocenters. The highest BCUT2D eigenvalue weighted by molar-refractivity contribution is 6.35. The smallest absolute Gasteiger partial charge is 0.161 e. The summed E-state index contributed by atoms with van der Waals surface area (Å²) in [6, 6.07) is 15.0. The molecule has 0 amide bonds. The molecule has 0 heterocycles. The third-order valence-electron chi connectivity index (χ3n) is 4.04. The Morgan fingerprint density at radius 3 is 2.46 bits per heavy atom. The number of rotatable bonds is 7. The number of hydrogen-bond donors (Lipinski definition) is 1. The Bertz CT molecular complexity index is 982. The first-order chi connectivity index (χ1) is 13.5. The summed E-state index contributed by atoms with van der Waals surface area (Å²) >= 11 is 18.2. The highest BCUT2D eigenvalue weighted by Gasteiger charge is 2.09. The van der Waals surface area contributed by atoms with Gasteiger partial charge in [0.15, 0.2) is 11.5 Å². The lowest BCUT2D eigenvalue weighted by Crippen LogP contribution is -2.02. The van der Waals surface area contributed by atoms with Crippen molar-refractivity contribution < 1.29 is 13.9 Å². The number of halogens is 4. The second-order valence-electron chi connectivity index (χ2n) is 5.99. The Kier molecular flexibility index (Phi) is 6.89. The number of benzene rings is 3. The molecule has 0 aliphatic heterocycles. The summed E-state index contributed by atoms with van der Waals surface area (Å²) < 4.78 is 24.4. The Labute approximate surface area is 177 Å². The van der Waals surface area contributed by atoms with Crippen molar-refractivity contribution >= 4 is 40.5 Å². The number of anilines is 1. The molecule has 0 fully saturated rings. The van der Waals surface area contributed by atoms with E-state index in [1.807, 2.05) is 18.2 Å². The highest BCUT2D eigenvalue weighted by atomic mass is 35.5. The summed E-state index contributed by atoms with van der Waals surface area (Å²) in [5.74, 6) is 0.755. The van der Waals surface area contributed by atoms with Crippen molar-refractivity contribution in [2.45, 2.75) is 13.2 Å². The van der Waals surface area contributed by atoms with Crippen LogP contribution < -0.4 is 14.8 Å². The fraction of sp³-hybridized carbons (Fsp3) is 0.143. The van der Waals surface area contributed by atoms with Crippen LogP contribution in [0.25, 0.3) is 0 Å². The van der Waals surface area contributed by atoms with Gasteiger partial charge in [-0.25, -0.2) is 4.39 Å². The summed E-state index contributed by atoms with van der Waals surface area (Å²) in [4.78, 5) is 0. The highest BCUT2D eigenvalue weighted by Crippen LogP contribution is 2.31. The Morgan fingerprint density at radius 2 is 1.71 bits per heavy atom. The maximum absolute atomic E-state index is 13.1. The molecule has 0 radical (unpaired) electrons. The molecule has 28 heavy (non-hydrogen) atoms. The minimum Gasteiger partial charge on any atom is -0.493 e. The number of nitrogens with one attached hydrogen (secondary N) is 1. The van der Waals surface area contributed by atoms with E-state index in [2.05, 4.69) is 5.32 Å². The summed E-state index contributed by atoms with van der Waals surface area (Å²) in [5.41, 5.74) is 2.41. The van der Waals surface area contributed by atoms with Crippen molar-refractivity contribution in [2.24, 2.45) is 0 Å². The minimum absolute atomic E-state index is 0.200. The van der Waals surface area contributed by atoms with Crippen molar-refractivity contribution in [1.29, 1.82) is 0 Å². The predicted molar refractivity (Wildman–Crippen MR) is 113 cm³/mol. The van der Waals surface area contributed by atoms with Crippen molar-refractivity contribution in [3.63, 3.8) is 0 Å². The Morgan fingerprint density at radius 1 is 0.893 bits per heavy atom.